The van der Waals surface area contributed by atoms with E-state index in [4.69, 9.17) is 0 Å². The third-order valence-electron chi connectivity index (χ3n) is 5.18. The number of amides is 3. The number of piperidine rings is 2. The average Bonchev–Trinajstić information content (AvgIpc) is 2.68. The van der Waals surface area contributed by atoms with Crippen LogP contribution in [0.4, 0.5) is 5.69 Å². The first-order valence-electron chi connectivity index (χ1n) is 9.57. The maximum Gasteiger partial charge on any atom is 0.253 e. The van der Waals surface area contributed by atoms with Crippen molar-refractivity contribution in [2.75, 3.05) is 31.1 Å². The number of anilines is 1. The summed E-state index contributed by atoms with van der Waals surface area (Å²) in [6.45, 7) is 4.41. The molecule has 1 atom stereocenters. The maximum absolute atomic E-state index is 12.8. The van der Waals surface area contributed by atoms with Gasteiger partial charge in [-0.15, -0.1) is 0 Å². The van der Waals surface area contributed by atoms with Crippen molar-refractivity contribution in [2.45, 2.75) is 39.0 Å². The van der Waals surface area contributed by atoms with Crippen LogP contribution >= 0.6 is 0 Å². The van der Waals surface area contributed by atoms with Crippen LogP contribution in [0.5, 0.6) is 0 Å². The van der Waals surface area contributed by atoms with Crippen molar-refractivity contribution in [3.63, 3.8) is 0 Å². The van der Waals surface area contributed by atoms with Crippen LogP contribution in [-0.4, -0.2) is 48.8 Å². The summed E-state index contributed by atoms with van der Waals surface area (Å²) in [6.07, 6.45) is 4.23. The molecule has 1 aromatic rings. The lowest BCUT2D eigenvalue weighted by Crippen LogP contribution is -2.45. The van der Waals surface area contributed by atoms with E-state index >= 15 is 0 Å². The summed E-state index contributed by atoms with van der Waals surface area (Å²) in [5, 5.41) is 2.85. The minimum Gasteiger partial charge on any atom is -0.356 e. The second-order valence-corrected chi connectivity index (χ2v) is 7.03. The molecule has 0 radical (unpaired) electrons. The van der Waals surface area contributed by atoms with Crippen LogP contribution in [0, 0.1) is 5.92 Å². The summed E-state index contributed by atoms with van der Waals surface area (Å²) < 4.78 is 0. The Kier molecular flexibility index (Phi) is 5.91. The first-order chi connectivity index (χ1) is 12.6. The van der Waals surface area contributed by atoms with E-state index in [1.54, 1.807) is 21.9 Å². The van der Waals surface area contributed by atoms with Crippen molar-refractivity contribution in [3.05, 3.63) is 29.8 Å². The maximum atomic E-state index is 12.8. The Labute approximate surface area is 154 Å². The molecule has 0 saturated carbocycles. The van der Waals surface area contributed by atoms with Gasteiger partial charge in [0.15, 0.2) is 0 Å². The number of rotatable bonds is 4. The summed E-state index contributed by atoms with van der Waals surface area (Å²) in [7, 11) is 0. The lowest BCUT2D eigenvalue weighted by atomic mass is 9.96. The third kappa shape index (κ3) is 4.06. The molecule has 0 aromatic heterocycles. The number of carbonyl (C=O) groups is 3. The molecule has 26 heavy (non-hydrogen) atoms. The van der Waals surface area contributed by atoms with Crippen LogP contribution in [0.2, 0.25) is 0 Å². The van der Waals surface area contributed by atoms with Gasteiger partial charge in [-0.25, -0.2) is 0 Å². The zero-order valence-electron chi connectivity index (χ0n) is 15.4. The summed E-state index contributed by atoms with van der Waals surface area (Å²) >= 11 is 0. The molecule has 2 aliphatic rings. The molecule has 1 unspecified atom stereocenters. The molecule has 2 fully saturated rings. The van der Waals surface area contributed by atoms with Crippen molar-refractivity contribution >= 4 is 23.4 Å². The number of hydrogen-bond acceptors (Lipinski definition) is 3. The molecule has 2 saturated heterocycles. The first-order valence-corrected chi connectivity index (χ1v) is 9.57. The van der Waals surface area contributed by atoms with Gasteiger partial charge >= 0.3 is 0 Å². The summed E-state index contributed by atoms with van der Waals surface area (Å²) in [5.74, 6) is 0.00788. The van der Waals surface area contributed by atoms with Gasteiger partial charge in [0.05, 0.1) is 5.92 Å². The molecular formula is C20H27N3O3. The SMILES string of the molecule is CCNC(=O)C1CCCN(C(=O)c2ccc(N3CCCCC3=O)cc2)C1. The fourth-order valence-corrected chi connectivity index (χ4v) is 3.74. The summed E-state index contributed by atoms with van der Waals surface area (Å²) in [6, 6.07) is 7.27. The zero-order valence-corrected chi connectivity index (χ0v) is 15.4. The molecule has 2 aliphatic heterocycles. The van der Waals surface area contributed by atoms with Crippen LogP contribution in [0.1, 0.15) is 49.4 Å². The second-order valence-electron chi connectivity index (χ2n) is 7.03. The highest BCUT2D eigenvalue weighted by Crippen LogP contribution is 2.23. The molecule has 1 aromatic carbocycles. The third-order valence-corrected chi connectivity index (χ3v) is 5.18. The number of likely N-dealkylation sites (tertiary alicyclic amines) is 1. The predicted octanol–water partition coefficient (Wildman–Crippen LogP) is 2.19. The van der Waals surface area contributed by atoms with Gasteiger partial charge in [0.1, 0.15) is 0 Å². The standard InChI is InChI=1S/C20H27N3O3/c1-2-21-19(25)16-6-5-12-22(14-16)20(26)15-8-10-17(11-9-15)23-13-4-3-7-18(23)24/h8-11,16H,2-7,12-14H2,1H3,(H,21,25). The van der Waals surface area contributed by atoms with Gasteiger partial charge in [-0.05, 0) is 56.9 Å². The highest BCUT2D eigenvalue weighted by Gasteiger charge is 2.28. The highest BCUT2D eigenvalue weighted by molar-refractivity contribution is 5.97. The Hall–Kier alpha value is -2.37. The monoisotopic (exact) mass is 357 g/mol. The molecule has 3 rings (SSSR count). The Morgan fingerprint density at radius 1 is 1.12 bits per heavy atom. The average molecular weight is 357 g/mol. The lowest BCUT2D eigenvalue weighted by molar-refractivity contribution is -0.126. The minimum absolute atomic E-state index is 0.0314. The normalized spacial score (nSPS) is 20.8. The summed E-state index contributed by atoms with van der Waals surface area (Å²) in [4.78, 5) is 40.4. The zero-order chi connectivity index (χ0) is 18.5. The second kappa shape index (κ2) is 8.34. The molecule has 3 amide bonds. The number of carbonyl (C=O) groups excluding carboxylic acids is 3. The van der Waals surface area contributed by atoms with Crippen LogP contribution in [-0.2, 0) is 9.59 Å². The molecular weight excluding hydrogens is 330 g/mol. The van der Waals surface area contributed by atoms with E-state index in [9.17, 15) is 14.4 Å². The van der Waals surface area contributed by atoms with E-state index < -0.39 is 0 Å². The van der Waals surface area contributed by atoms with Gasteiger partial charge < -0.3 is 15.1 Å². The van der Waals surface area contributed by atoms with Gasteiger partial charge in [-0.3, -0.25) is 14.4 Å². The molecule has 6 nitrogen and oxygen atoms in total. The van der Waals surface area contributed by atoms with Crippen molar-refractivity contribution in [1.29, 1.82) is 0 Å². The fourth-order valence-electron chi connectivity index (χ4n) is 3.74. The van der Waals surface area contributed by atoms with Crippen molar-refractivity contribution in [1.82, 2.24) is 10.2 Å². The van der Waals surface area contributed by atoms with Gasteiger partial charge in [0.25, 0.3) is 5.91 Å². The van der Waals surface area contributed by atoms with Crippen molar-refractivity contribution in [2.24, 2.45) is 5.92 Å². The molecule has 1 N–H and O–H groups in total. The quantitative estimate of drug-likeness (QED) is 0.898. The minimum atomic E-state index is -0.127. The van der Waals surface area contributed by atoms with Crippen LogP contribution < -0.4 is 10.2 Å². The highest BCUT2D eigenvalue weighted by atomic mass is 16.2. The number of hydrogen-bond donors (Lipinski definition) is 1. The smallest absolute Gasteiger partial charge is 0.253 e. The molecule has 0 aliphatic carbocycles. The van der Waals surface area contributed by atoms with Gasteiger partial charge in [0.2, 0.25) is 11.8 Å². The largest absolute Gasteiger partial charge is 0.356 e. The molecule has 140 valence electrons. The number of nitrogens with zero attached hydrogens (tertiary/aromatic N) is 2. The summed E-state index contributed by atoms with van der Waals surface area (Å²) in [5.41, 5.74) is 1.46. The Morgan fingerprint density at radius 2 is 1.88 bits per heavy atom. The van der Waals surface area contributed by atoms with E-state index in [-0.39, 0.29) is 23.6 Å². The molecule has 2 heterocycles. The number of nitrogens with one attached hydrogen (secondary N) is 1. The predicted molar refractivity (Wildman–Crippen MR) is 100.0 cm³/mol. The van der Waals surface area contributed by atoms with Crippen molar-refractivity contribution in [3.8, 4) is 0 Å². The molecule has 0 bridgehead atoms. The first kappa shape index (κ1) is 18.4. The van der Waals surface area contributed by atoms with E-state index in [1.807, 2.05) is 19.1 Å². The topological polar surface area (TPSA) is 69.7 Å². The van der Waals surface area contributed by atoms with E-state index in [0.717, 1.165) is 37.9 Å². The molecule has 0 spiro atoms. The fraction of sp³-hybridized carbons (Fsp3) is 0.550. The van der Waals surface area contributed by atoms with E-state index in [0.29, 0.717) is 31.6 Å². The lowest BCUT2D eigenvalue weighted by Gasteiger charge is -2.32. The molecule has 6 heteroatoms. The van der Waals surface area contributed by atoms with Gasteiger partial charge in [-0.1, -0.05) is 0 Å². The Bertz CT molecular complexity index is 671. The van der Waals surface area contributed by atoms with E-state index in [1.165, 1.54) is 0 Å². The van der Waals surface area contributed by atoms with Crippen LogP contribution in [0.3, 0.4) is 0 Å². The van der Waals surface area contributed by atoms with Gasteiger partial charge in [-0.2, -0.15) is 0 Å². The Balaban J connectivity index is 1.66. The Morgan fingerprint density at radius 3 is 2.58 bits per heavy atom. The van der Waals surface area contributed by atoms with Crippen LogP contribution in [0.15, 0.2) is 24.3 Å². The number of benzene rings is 1. The van der Waals surface area contributed by atoms with Crippen LogP contribution in [0.25, 0.3) is 0 Å². The van der Waals surface area contributed by atoms with Crippen molar-refractivity contribution < 1.29 is 14.4 Å². The van der Waals surface area contributed by atoms with E-state index in [2.05, 4.69) is 5.32 Å². The van der Waals surface area contributed by atoms with Gasteiger partial charge in [0, 0.05) is 43.9 Å².